The number of aliphatic hydroxyl groups is 1. The average molecular weight is 384 g/mol. The van der Waals surface area contributed by atoms with Crippen LogP contribution < -0.4 is 10.5 Å². The molecule has 11 nitrogen and oxygen atoms in total. The molecule has 2 aromatic heterocycles. The van der Waals surface area contributed by atoms with Gasteiger partial charge in [-0.25, -0.2) is 19.4 Å². The second-order valence-corrected chi connectivity index (χ2v) is 7.33. The van der Waals surface area contributed by atoms with Crippen LogP contribution in [-0.4, -0.2) is 69.1 Å². The highest BCUT2D eigenvalue weighted by Crippen LogP contribution is 2.52. The summed E-state index contributed by atoms with van der Waals surface area (Å²) in [4.78, 5) is 22.3. The van der Waals surface area contributed by atoms with Crippen molar-refractivity contribution in [3.8, 4) is 6.01 Å². The van der Waals surface area contributed by atoms with Crippen LogP contribution in [-0.2, 0) is 13.8 Å². The van der Waals surface area contributed by atoms with Gasteiger partial charge in [0.25, 0.3) is 0 Å². The number of rotatable bonds is 3. The minimum atomic E-state index is -3.54. The number of hydrogen-bond acceptors (Lipinski definition) is 10. The van der Waals surface area contributed by atoms with Gasteiger partial charge in [0.2, 0.25) is 0 Å². The van der Waals surface area contributed by atoms with Crippen LogP contribution in [0.1, 0.15) is 20.1 Å². The van der Waals surface area contributed by atoms with E-state index in [1.54, 1.807) is 13.8 Å². The summed E-state index contributed by atoms with van der Waals surface area (Å²) in [7, 11) is 2.03. The predicted octanol–water partition coefficient (Wildman–Crippen LogP) is -0.0430. The first-order chi connectivity index (χ1) is 12.3. The summed E-state index contributed by atoms with van der Waals surface area (Å²) in [6.07, 6.45) is -1.47. The lowest BCUT2D eigenvalue weighted by molar-refractivity contribution is -0.123. The van der Waals surface area contributed by atoms with Gasteiger partial charge in [-0.05, 0) is 13.8 Å². The molecule has 140 valence electrons. The maximum absolute atomic E-state index is 10.6. The molecule has 0 aromatic carbocycles. The number of fused-ring (bicyclic) bond motifs is 1. The third-order valence-electron chi connectivity index (χ3n) is 3.63. The van der Waals surface area contributed by atoms with E-state index in [-0.39, 0.29) is 25.0 Å². The third-order valence-corrected chi connectivity index (χ3v) is 4.66. The zero-order valence-electron chi connectivity index (χ0n) is 14.3. The summed E-state index contributed by atoms with van der Waals surface area (Å²) in [5.74, 6) is 0.169. The molecule has 1 fully saturated rings. The fourth-order valence-electron chi connectivity index (χ4n) is 2.48. The largest absolute Gasteiger partial charge is 0.488 e. The summed E-state index contributed by atoms with van der Waals surface area (Å²) in [5.41, 5.74) is 6.51. The molecule has 4 atom stereocenters. The number of hydrogen-bond donors (Lipinski definition) is 3. The minimum Gasteiger partial charge on any atom is -0.465 e. The SMILES string of the molecule is [B][P+]1(O)OC[C@H](C)O[C@@H](n2c(OCC)nc3c(N)ncnc32)[C@@H](O)CO1. The molecule has 1 unspecified atom stereocenters. The van der Waals surface area contributed by atoms with Crippen molar-refractivity contribution in [2.45, 2.75) is 32.3 Å². The van der Waals surface area contributed by atoms with Gasteiger partial charge in [0.1, 0.15) is 25.6 Å². The van der Waals surface area contributed by atoms with Crippen molar-refractivity contribution in [1.82, 2.24) is 19.5 Å². The molecular formula is C13H20BN5O6P+. The molecule has 1 aliphatic rings. The Labute approximate surface area is 151 Å². The van der Waals surface area contributed by atoms with Gasteiger partial charge >= 0.3 is 21.4 Å². The molecule has 1 aliphatic heterocycles. The number of anilines is 1. The number of ether oxygens (including phenoxy) is 2. The highest BCUT2D eigenvalue weighted by Gasteiger charge is 2.40. The Morgan fingerprint density at radius 3 is 2.88 bits per heavy atom. The quantitative estimate of drug-likeness (QED) is 0.486. The Morgan fingerprint density at radius 2 is 2.15 bits per heavy atom. The van der Waals surface area contributed by atoms with Crippen molar-refractivity contribution in [1.29, 1.82) is 0 Å². The van der Waals surface area contributed by atoms with Crippen molar-refractivity contribution in [2.75, 3.05) is 25.6 Å². The van der Waals surface area contributed by atoms with E-state index in [9.17, 15) is 10.00 Å². The number of aliphatic hydroxyl groups excluding tert-OH is 1. The van der Waals surface area contributed by atoms with E-state index in [2.05, 4.69) is 15.0 Å². The van der Waals surface area contributed by atoms with Crippen LogP contribution in [0.2, 0.25) is 0 Å². The average Bonchev–Trinajstić information content (AvgIpc) is 2.96. The van der Waals surface area contributed by atoms with Crippen molar-refractivity contribution in [3.63, 3.8) is 0 Å². The minimum absolute atomic E-state index is 0.0300. The van der Waals surface area contributed by atoms with Crippen LogP contribution in [0.5, 0.6) is 6.01 Å². The molecule has 1 saturated heterocycles. The highest BCUT2D eigenvalue weighted by atomic mass is 31.2. The summed E-state index contributed by atoms with van der Waals surface area (Å²) in [5, 5.41) is 10.6. The van der Waals surface area contributed by atoms with Gasteiger partial charge in [-0.15, -0.1) is 0 Å². The summed E-state index contributed by atoms with van der Waals surface area (Å²) in [6.45, 7) is 3.45. The number of nitrogen functional groups attached to an aromatic ring is 1. The molecule has 26 heavy (non-hydrogen) atoms. The highest BCUT2D eigenvalue weighted by molar-refractivity contribution is 7.85. The molecule has 2 aromatic rings. The van der Waals surface area contributed by atoms with Crippen LogP contribution in [0.3, 0.4) is 0 Å². The monoisotopic (exact) mass is 384 g/mol. The predicted molar refractivity (Wildman–Crippen MR) is 93.3 cm³/mol. The lowest BCUT2D eigenvalue weighted by Crippen LogP contribution is -2.33. The maximum Gasteiger partial charge on any atom is 0.488 e. The van der Waals surface area contributed by atoms with Crippen molar-refractivity contribution < 1.29 is 28.5 Å². The zero-order valence-corrected chi connectivity index (χ0v) is 15.2. The van der Waals surface area contributed by atoms with Crippen LogP contribution in [0, 0.1) is 0 Å². The normalized spacial score (nSPS) is 30.5. The first-order valence-electron chi connectivity index (χ1n) is 7.96. The molecule has 0 spiro atoms. The standard InChI is InChI=1S/C13H20BN5O6P/c1-3-22-13-18-9-10(15)16-6-17-11(9)19(13)12-8(20)5-24-26(14,21)23-4-7(2)25-12/h6-8,12,20-21H,3-5H2,1-2H3,(H2,15,16,17)/q+1/t7-,8-,12+,26?/m0/s1. The molecule has 4 N–H and O–H groups in total. The smallest absolute Gasteiger partial charge is 0.465 e. The fourth-order valence-corrected chi connectivity index (χ4v) is 3.35. The van der Waals surface area contributed by atoms with Crippen LogP contribution in [0.4, 0.5) is 5.82 Å². The lowest BCUT2D eigenvalue weighted by Gasteiger charge is -2.26. The third kappa shape index (κ3) is 3.90. The number of nitrogens with zero attached hydrogens (tertiary/aromatic N) is 4. The van der Waals surface area contributed by atoms with E-state index in [1.807, 2.05) is 0 Å². The molecule has 2 radical (unpaired) electrons. The molecular weight excluding hydrogens is 364 g/mol. The van der Waals surface area contributed by atoms with Crippen molar-refractivity contribution >= 4 is 32.4 Å². The van der Waals surface area contributed by atoms with Crippen LogP contribution in [0.15, 0.2) is 6.33 Å². The van der Waals surface area contributed by atoms with E-state index < -0.39 is 26.3 Å². The first kappa shape index (κ1) is 19.2. The Hall–Kier alpha value is -1.56. The van der Waals surface area contributed by atoms with Gasteiger partial charge in [0.05, 0.1) is 12.7 Å². The lowest BCUT2D eigenvalue weighted by atomic mass is 10.3. The van der Waals surface area contributed by atoms with Gasteiger partial charge in [0, 0.05) is 0 Å². The summed E-state index contributed by atoms with van der Waals surface area (Å²) >= 11 is 0. The molecule has 0 bridgehead atoms. The van der Waals surface area contributed by atoms with E-state index in [0.29, 0.717) is 17.8 Å². The topological polar surface area (TPSA) is 147 Å². The molecule has 0 aliphatic carbocycles. The second kappa shape index (κ2) is 7.59. The first-order valence-corrected chi connectivity index (χ1v) is 9.61. The number of aromatic nitrogens is 4. The molecule has 0 amide bonds. The van der Waals surface area contributed by atoms with E-state index in [1.165, 1.54) is 10.9 Å². The van der Waals surface area contributed by atoms with Gasteiger partial charge in [-0.1, -0.05) is 0 Å². The van der Waals surface area contributed by atoms with Gasteiger partial charge in [-0.2, -0.15) is 14.0 Å². The van der Waals surface area contributed by atoms with Gasteiger partial charge in [0.15, 0.2) is 23.2 Å². The maximum atomic E-state index is 10.6. The number of nitrogens with two attached hydrogens (primary N) is 1. The Kier molecular flexibility index (Phi) is 5.61. The van der Waals surface area contributed by atoms with E-state index in [0.717, 1.165) is 0 Å². The zero-order chi connectivity index (χ0) is 18.9. The van der Waals surface area contributed by atoms with Crippen LogP contribution >= 0.6 is 7.82 Å². The Balaban J connectivity index is 2.07. The molecule has 3 rings (SSSR count). The van der Waals surface area contributed by atoms with Gasteiger partial charge < -0.3 is 20.3 Å². The van der Waals surface area contributed by atoms with Crippen LogP contribution in [0.25, 0.3) is 11.2 Å². The molecule has 3 heterocycles. The van der Waals surface area contributed by atoms with Crippen molar-refractivity contribution in [3.05, 3.63) is 6.33 Å². The molecule has 0 saturated carbocycles. The molecule has 13 heteroatoms. The van der Waals surface area contributed by atoms with E-state index >= 15 is 0 Å². The summed E-state index contributed by atoms with van der Waals surface area (Å²) in [6, 6.07) is 0.156. The van der Waals surface area contributed by atoms with Crippen molar-refractivity contribution in [2.24, 2.45) is 0 Å². The Bertz CT molecular complexity index is 777. The van der Waals surface area contributed by atoms with Gasteiger partial charge in [-0.3, -0.25) is 0 Å². The number of imidazole rings is 1. The Morgan fingerprint density at radius 1 is 1.42 bits per heavy atom. The van der Waals surface area contributed by atoms with E-state index in [4.69, 9.17) is 31.8 Å². The fraction of sp³-hybridized carbons (Fsp3) is 0.615. The summed E-state index contributed by atoms with van der Waals surface area (Å²) < 4.78 is 23.2. The second-order valence-electron chi connectivity index (χ2n) is 5.69.